The second kappa shape index (κ2) is 12.7. The Morgan fingerprint density at radius 2 is 0.814 bits per heavy atom. The molecule has 0 N–H and O–H groups in total. The Morgan fingerprint density at radius 3 is 1.44 bits per heavy atom. The minimum atomic E-state index is -0.135. The number of fused-ring (bicyclic) bond motifs is 10. The van der Waals surface area contributed by atoms with E-state index in [-0.39, 0.29) is 5.41 Å². The summed E-state index contributed by atoms with van der Waals surface area (Å²) in [6.07, 6.45) is 0. The lowest BCUT2D eigenvalue weighted by molar-refractivity contribution is 0.660. The van der Waals surface area contributed by atoms with Gasteiger partial charge in [0.1, 0.15) is 0 Å². The highest BCUT2D eigenvalue weighted by atomic mass is 15.1. The highest BCUT2D eigenvalue weighted by molar-refractivity contribution is 6.23. The summed E-state index contributed by atoms with van der Waals surface area (Å²) in [4.78, 5) is 15.4. The standard InChI is InChI=1S/C54H37N5/c1-54(2)45-22-12-9-19-39(45)40-30-27-36(33-46(40)54)53-56-51(34-15-5-3-6-16-34)55-52(57-53)35-25-28-38(29-26-35)59-48-24-14-11-21-42(48)44-32-31-43-41-20-10-13-23-47(41)58(49(43)50(44)59)37-17-7-4-8-18-37/h3-33H,1-2H3. The Labute approximate surface area is 341 Å². The van der Waals surface area contributed by atoms with E-state index >= 15 is 0 Å². The molecule has 1 aliphatic rings. The highest BCUT2D eigenvalue weighted by Gasteiger charge is 2.35. The van der Waals surface area contributed by atoms with E-state index in [9.17, 15) is 0 Å². The van der Waals surface area contributed by atoms with Crippen LogP contribution in [0, 0.1) is 0 Å². The molecule has 5 nitrogen and oxygen atoms in total. The topological polar surface area (TPSA) is 48.5 Å². The quantitative estimate of drug-likeness (QED) is 0.176. The van der Waals surface area contributed by atoms with E-state index < -0.39 is 0 Å². The van der Waals surface area contributed by atoms with Gasteiger partial charge in [-0.2, -0.15) is 0 Å². The van der Waals surface area contributed by atoms with E-state index in [0.717, 1.165) is 33.6 Å². The minimum absolute atomic E-state index is 0.135. The molecule has 0 saturated carbocycles. The summed E-state index contributed by atoms with van der Waals surface area (Å²) in [5, 5.41) is 4.89. The molecule has 0 unspecified atom stereocenters. The average molecular weight is 756 g/mol. The zero-order valence-corrected chi connectivity index (χ0v) is 32.6. The second-order valence-corrected chi connectivity index (χ2v) is 16.0. The summed E-state index contributed by atoms with van der Waals surface area (Å²) >= 11 is 0. The summed E-state index contributed by atoms with van der Waals surface area (Å²) in [6.45, 7) is 4.61. The SMILES string of the molecule is CC1(C)c2ccccc2-c2ccc(-c3nc(-c4ccccc4)nc(-c4ccc(-n5c6ccccc6c6ccc7c8ccccc8n(-c8ccccc8)c7c65)cc4)n3)cc21. The van der Waals surface area contributed by atoms with Crippen molar-refractivity contribution in [3.63, 3.8) is 0 Å². The lowest BCUT2D eigenvalue weighted by atomic mass is 9.82. The van der Waals surface area contributed by atoms with Gasteiger partial charge in [0.05, 0.1) is 22.1 Å². The average Bonchev–Trinajstić information content (AvgIpc) is 3.90. The third-order valence-electron chi connectivity index (χ3n) is 12.4. The van der Waals surface area contributed by atoms with Gasteiger partial charge in [0, 0.05) is 55.0 Å². The largest absolute Gasteiger partial charge is 0.307 e. The van der Waals surface area contributed by atoms with Crippen molar-refractivity contribution < 1.29 is 0 Å². The Bertz CT molecular complexity index is 3450. The van der Waals surface area contributed by atoms with Crippen molar-refractivity contribution in [2.45, 2.75) is 19.3 Å². The normalized spacial score (nSPS) is 13.1. The van der Waals surface area contributed by atoms with E-state index in [2.05, 4.69) is 193 Å². The minimum Gasteiger partial charge on any atom is -0.307 e. The molecule has 12 rings (SSSR count). The molecular formula is C54H37N5. The molecule has 0 aliphatic heterocycles. The molecule has 8 aromatic carbocycles. The number of hydrogen-bond donors (Lipinski definition) is 0. The van der Waals surface area contributed by atoms with Gasteiger partial charge in [-0.3, -0.25) is 0 Å². The predicted octanol–water partition coefficient (Wildman–Crippen LogP) is 13.4. The van der Waals surface area contributed by atoms with Crippen LogP contribution in [0.3, 0.4) is 0 Å². The van der Waals surface area contributed by atoms with Crippen LogP contribution in [0.15, 0.2) is 188 Å². The predicted molar refractivity (Wildman–Crippen MR) is 242 cm³/mol. The van der Waals surface area contributed by atoms with E-state index in [1.807, 2.05) is 18.2 Å². The van der Waals surface area contributed by atoms with Crippen molar-refractivity contribution in [1.82, 2.24) is 24.1 Å². The van der Waals surface area contributed by atoms with Crippen LogP contribution in [0.4, 0.5) is 0 Å². The fourth-order valence-corrected chi connectivity index (χ4v) is 9.57. The molecule has 3 heterocycles. The molecule has 0 atom stereocenters. The van der Waals surface area contributed by atoms with Gasteiger partial charge in [-0.1, -0.05) is 147 Å². The Balaban J connectivity index is 1.04. The van der Waals surface area contributed by atoms with Crippen LogP contribution in [0.25, 0.3) is 100 Å². The summed E-state index contributed by atoms with van der Waals surface area (Å²) in [6, 6.07) is 67.1. The maximum Gasteiger partial charge on any atom is 0.164 e. The molecule has 278 valence electrons. The molecule has 0 spiro atoms. The summed E-state index contributed by atoms with van der Waals surface area (Å²) in [5.74, 6) is 1.94. The van der Waals surface area contributed by atoms with Crippen molar-refractivity contribution in [3.05, 3.63) is 199 Å². The van der Waals surface area contributed by atoms with Crippen LogP contribution in [0.5, 0.6) is 0 Å². The summed E-state index contributed by atoms with van der Waals surface area (Å²) in [5.41, 5.74) is 14.8. The van der Waals surface area contributed by atoms with Gasteiger partial charge in [0.25, 0.3) is 0 Å². The highest BCUT2D eigenvalue weighted by Crippen LogP contribution is 2.49. The van der Waals surface area contributed by atoms with Crippen LogP contribution in [-0.4, -0.2) is 24.1 Å². The van der Waals surface area contributed by atoms with Crippen LogP contribution >= 0.6 is 0 Å². The summed E-state index contributed by atoms with van der Waals surface area (Å²) in [7, 11) is 0. The van der Waals surface area contributed by atoms with Crippen LogP contribution in [0.1, 0.15) is 25.0 Å². The third-order valence-corrected chi connectivity index (χ3v) is 12.4. The number of hydrogen-bond acceptors (Lipinski definition) is 3. The Hall–Kier alpha value is -7.63. The molecule has 1 aliphatic carbocycles. The first kappa shape index (κ1) is 33.5. The molecule has 0 radical (unpaired) electrons. The molecule has 59 heavy (non-hydrogen) atoms. The van der Waals surface area contributed by atoms with E-state index in [0.29, 0.717) is 17.5 Å². The van der Waals surface area contributed by atoms with Gasteiger partial charge in [-0.15, -0.1) is 0 Å². The van der Waals surface area contributed by atoms with Crippen molar-refractivity contribution in [2.24, 2.45) is 0 Å². The fraction of sp³-hybridized carbons (Fsp3) is 0.0556. The van der Waals surface area contributed by atoms with Crippen LogP contribution in [-0.2, 0) is 5.41 Å². The number of aromatic nitrogens is 5. The maximum absolute atomic E-state index is 5.19. The second-order valence-electron chi connectivity index (χ2n) is 16.0. The van der Waals surface area contributed by atoms with Gasteiger partial charge >= 0.3 is 0 Å². The molecule has 0 bridgehead atoms. The first-order chi connectivity index (χ1) is 29.0. The van der Waals surface area contributed by atoms with Gasteiger partial charge in [0.15, 0.2) is 17.5 Å². The monoisotopic (exact) mass is 755 g/mol. The van der Waals surface area contributed by atoms with Crippen LogP contribution < -0.4 is 0 Å². The lowest BCUT2D eigenvalue weighted by Gasteiger charge is -2.21. The van der Waals surface area contributed by atoms with Crippen molar-refractivity contribution in [1.29, 1.82) is 0 Å². The molecular weight excluding hydrogens is 719 g/mol. The molecule has 0 saturated heterocycles. The zero-order chi connectivity index (χ0) is 39.2. The smallest absolute Gasteiger partial charge is 0.164 e. The maximum atomic E-state index is 5.19. The van der Waals surface area contributed by atoms with Gasteiger partial charge in [-0.05, 0) is 76.9 Å². The van der Waals surface area contributed by atoms with Crippen molar-refractivity contribution in [3.8, 4) is 56.7 Å². The lowest BCUT2D eigenvalue weighted by Crippen LogP contribution is -2.15. The number of benzene rings is 8. The Morgan fingerprint density at radius 1 is 0.356 bits per heavy atom. The van der Waals surface area contributed by atoms with E-state index in [4.69, 9.17) is 15.0 Å². The molecule has 0 amide bonds. The zero-order valence-electron chi connectivity index (χ0n) is 32.6. The molecule has 3 aromatic heterocycles. The van der Waals surface area contributed by atoms with Gasteiger partial charge in [-0.25, -0.2) is 15.0 Å². The number of nitrogens with zero attached hydrogens (tertiary/aromatic N) is 5. The van der Waals surface area contributed by atoms with Crippen LogP contribution in [0.2, 0.25) is 0 Å². The van der Waals surface area contributed by atoms with Gasteiger partial charge < -0.3 is 9.13 Å². The molecule has 0 fully saturated rings. The van der Waals surface area contributed by atoms with Crippen molar-refractivity contribution in [2.75, 3.05) is 0 Å². The van der Waals surface area contributed by atoms with Gasteiger partial charge in [0.2, 0.25) is 0 Å². The first-order valence-corrected chi connectivity index (χ1v) is 20.2. The van der Waals surface area contributed by atoms with E-state index in [1.165, 1.54) is 60.3 Å². The number of para-hydroxylation sites is 3. The van der Waals surface area contributed by atoms with E-state index in [1.54, 1.807) is 0 Å². The Kier molecular flexibility index (Phi) is 7.20. The first-order valence-electron chi connectivity index (χ1n) is 20.2. The number of rotatable bonds is 5. The fourth-order valence-electron chi connectivity index (χ4n) is 9.57. The molecule has 5 heteroatoms. The third kappa shape index (κ3) is 5.01. The molecule has 11 aromatic rings. The van der Waals surface area contributed by atoms with Crippen molar-refractivity contribution >= 4 is 43.6 Å². The summed E-state index contributed by atoms with van der Waals surface area (Å²) < 4.78 is 4.85.